The molecule has 0 spiro atoms. The Hall–Kier alpha value is -3.47. The lowest BCUT2D eigenvalue weighted by Gasteiger charge is -2.06. The fourth-order valence-electron chi connectivity index (χ4n) is 2.38. The smallest absolute Gasteiger partial charge is 0.335 e. The molecule has 118 valence electrons. The van der Waals surface area contributed by atoms with Gasteiger partial charge in [-0.25, -0.2) is 9.59 Å². The molecule has 0 aliphatic carbocycles. The van der Waals surface area contributed by atoms with Crippen molar-refractivity contribution in [1.82, 2.24) is 4.98 Å². The molecule has 0 aliphatic heterocycles. The molecule has 0 unspecified atom stereocenters. The highest BCUT2D eigenvalue weighted by Crippen LogP contribution is 2.24. The Labute approximate surface area is 137 Å². The number of aromatic nitrogens is 1. The van der Waals surface area contributed by atoms with Crippen LogP contribution < -0.4 is 0 Å². The average Bonchev–Trinajstić information content (AvgIpc) is 2.62. The van der Waals surface area contributed by atoms with Gasteiger partial charge in [0, 0.05) is 17.3 Å². The zero-order chi connectivity index (χ0) is 17.1. The van der Waals surface area contributed by atoms with Crippen LogP contribution in [-0.2, 0) is 0 Å². The molecule has 0 fully saturated rings. The molecule has 0 amide bonds. The summed E-state index contributed by atoms with van der Waals surface area (Å²) in [7, 11) is 0. The highest BCUT2D eigenvalue weighted by Gasteiger charge is 2.08. The van der Waals surface area contributed by atoms with Gasteiger partial charge in [0.05, 0.1) is 16.8 Å². The Morgan fingerprint density at radius 2 is 1.29 bits per heavy atom. The lowest BCUT2D eigenvalue weighted by molar-refractivity contribution is 0.0686. The number of aromatic carboxylic acids is 2. The molecule has 0 bridgehead atoms. The summed E-state index contributed by atoms with van der Waals surface area (Å²) in [6.07, 6.45) is 1.64. The first-order valence-corrected chi connectivity index (χ1v) is 7.18. The van der Waals surface area contributed by atoms with E-state index in [0.717, 1.165) is 11.1 Å². The van der Waals surface area contributed by atoms with Crippen molar-refractivity contribution in [3.8, 4) is 22.4 Å². The molecule has 3 aromatic rings. The van der Waals surface area contributed by atoms with Crippen molar-refractivity contribution in [1.29, 1.82) is 0 Å². The summed E-state index contributed by atoms with van der Waals surface area (Å²) in [6, 6.07) is 16.8. The lowest BCUT2D eigenvalue weighted by Crippen LogP contribution is -1.96. The maximum atomic E-state index is 11.0. The maximum Gasteiger partial charge on any atom is 0.335 e. The van der Waals surface area contributed by atoms with E-state index in [-0.39, 0.29) is 11.1 Å². The van der Waals surface area contributed by atoms with Crippen LogP contribution in [0.25, 0.3) is 22.4 Å². The number of carboxylic acids is 2. The second-order valence-electron chi connectivity index (χ2n) is 5.20. The summed E-state index contributed by atoms with van der Waals surface area (Å²) < 4.78 is 0. The van der Waals surface area contributed by atoms with Gasteiger partial charge in [-0.1, -0.05) is 30.3 Å². The van der Waals surface area contributed by atoms with E-state index in [4.69, 9.17) is 10.2 Å². The number of pyridine rings is 1. The van der Waals surface area contributed by atoms with Crippen molar-refractivity contribution >= 4 is 11.9 Å². The van der Waals surface area contributed by atoms with Crippen LogP contribution in [0.5, 0.6) is 0 Å². The average molecular weight is 319 g/mol. The molecule has 0 saturated heterocycles. The third kappa shape index (κ3) is 3.15. The molecule has 1 heterocycles. The zero-order valence-electron chi connectivity index (χ0n) is 12.5. The third-order valence-electron chi connectivity index (χ3n) is 3.61. The van der Waals surface area contributed by atoms with Gasteiger partial charge in [-0.2, -0.15) is 0 Å². The van der Waals surface area contributed by atoms with Crippen LogP contribution in [0, 0.1) is 0 Å². The number of carbonyl (C=O) groups is 2. The van der Waals surface area contributed by atoms with Crippen molar-refractivity contribution in [3.63, 3.8) is 0 Å². The van der Waals surface area contributed by atoms with Crippen molar-refractivity contribution < 1.29 is 19.8 Å². The molecule has 0 atom stereocenters. The van der Waals surface area contributed by atoms with E-state index in [1.165, 1.54) is 12.1 Å². The van der Waals surface area contributed by atoms with Crippen LogP contribution in [0.1, 0.15) is 20.7 Å². The Bertz CT molecular complexity index is 840. The highest BCUT2D eigenvalue weighted by atomic mass is 16.4. The number of benzene rings is 2. The molecular weight excluding hydrogens is 306 g/mol. The molecule has 3 rings (SSSR count). The van der Waals surface area contributed by atoms with E-state index in [1.54, 1.807) is 42.6 Å². The fourth-order valence-corrected chi connectivity index (χ4v) is 2.38. The SMILES string of the molecule is O=C(O)c1cccc(-c2ccc(-c3cccc(C(=O)O)c3)nc2)c1. The van der Waals surface area contributed by atoms with Crippen LogP contribution >= 0.6 is 0 Å². The number of hydrogen-bond donors (Lipinski definition) is 2. The van der Waals surface area contributed by atoms with Crippen LogP contribution in [-0.4, -0.2) is 27.1 Å². The Kier molecular flexibility index (Phi) is 4.07. The van der Waals surface area contributed by atoms with E-state index in [2.05, 4.69) is 4.98 Å². The summed E-state index contributed by atoms with van der Waals surface area (Å²) >= 11 is 0. The molecule has 2 N–H and O–H groups in total. The zero-order valence-corrected chi connectivity index (χ0v) is 12.5. The molecule has 0 aliphatic rings. The second-order valence-corrected chi connectivity index (χ2v) is 5.20. The van der Waals surface area contributed by atoms with Gasteiger partial charge in [-0.3, -0.25) is 4.98 Å². The van der Waals surface area contributed by atoms with Crippen LogP contribution in [0.3, 0.4) is 0 Å². The largest absolute Gasteiger partial charge is 0.478 e. The standard InChI is InChI=1S/C19H13NO4/c21-18(22)14-5-1-3-12(9-14)16-7-8-17(20-11-16)13-4-2-6-15(10-13)19(23)24/h1-11H,(H,21,22)(H,23,24). The van der Waals surface area contributed by atoms with E-state index in [1.807, 2.05) is 12.1 Å². The first-order chi connectivity index (χ1) is 11.5. The van der Waals surface area contributed by atoms with Crippen LogP contribution in [0.2, 0.25) is 0 Å². The number of nitrogens with zero attached hydrogens (tertiary/aromatic N) is 1. The van der Waals surface area contributed by atoms with Crippen molar-refractivity contribution in [2.45, 2.75) is 0 Å². The molecule has 2 aromatic carbocycles. The van der Waals surface area contributed by atoms with Gasteiger partial charge in [0.1, 0.15) is 0 Å². The molecular formula is C19H13NO4. The number of carboxylic acid groups (broad SMARTS) is 2. The van der Waals surface area contributed by atoms with E-state index >= 15 is 0 Å². The number of rotatable bonds is 4. The van der Waals surface area contributed by atoms with Crippen molar-refractivity contribution in [2.75, 3.05) is 0 Å². The van der Waals surface area contributed by atoms with Gasteiger partial charge >= 0.3 is 11.9 Å². The van der Waals surface area contributed by atoms with Crippen LogP contribution in [0.4, 0.5) is 0 Å². The van der Waals surface area contributed by atoms with Crippen LogP contribution in [0.15, 0.2) is 66.9 Å². The first-order valence-electron chi connectivity index (χ1n) is 7.18. The minimum Gasteiger partial charge on any atom is -0.478 e. The molecule has 24 heavy (non-hydrogen) atoms. The Morgan fingerprint density at radius 1 is 0.708 bits per heavy atom. The minimum absolute atomic E-state index is 0.201. The number of hydrogen-bond acceptors (Lipinski definition) is 3. The van der Waals surface area contributed by atoms with Gasteiger partial charge in [-0.15, -0.1) is 0 Å². The summed E-state index contributed by atoms with van der Waals surface area (Å²) in [5, 5.41) is 18.1. The van der Waals surface area contributed by atoms with Gasteiger partial charge in [0.2, 0.25) is 0 Å². The summed E-state index contributed by atoms with van der Waals surface area (Å²) in [4.78, 5) is 26.4. The fraction of sp³-hybridized carbons (Fsp3) is 0. The summed E-state index contributed by atoms with van der Waals surface area (Å²) in [5.41, 5.74) is 3.32. The molecule has 1 aromatic heterocycles. The molecule has 5 nitrogen and oxygen atoms in total. The van der Waals surface area contributed by atoms with E-state index < -0.39 is 11.9 Å². The third-order valence-corrected chi connectivity index (χ3v) is 3.61. The predicted octanol–water partition coefficient (Wildman–Crippen LogP) is 3.81. The second kappa shape index (κ2) is 6.34. The minimum atomic E-state index is -0.987. The van der Waals surface area contributed by atoms with Crippen molar-refractivity contribution in [3.05, 3.63) is 78.0 Å². The topological polar surface area (TPSA) is 87.5 Å². The Balaban J connectivity index is 1.94. The van der Waals surface area contributed by atoms with Gasteiger partial charge in [0.25, 0.3) is 0 Å². The molecule has 0 radical (unpaired) electrons. The highest BCUT2D eigenvalue weighted by molar-refractivity contribution is 5.90. The summed E-state index contributed by atoms with van der Waals surface area (Å²) in [6.45, 7) is 0. The molecule has 0 saturated carbocycles. The summed E-state index contributed by atoms with van der Waals surface area (Å²) in [5.74, 6) is -1.97. The van der Waals surface area contributed by atoms with Crippen molar-refractivity contribution in [2.24, 2.45) is 0 Å². The van der Waals surface area contributed by atoms with E-state index in [9.17, 15) is 9.59 Å². The predicted molar refractivity (Wildman–Crippen MR) is 89.0 cm³/mol. The maximum absolute atomic E-state index is 11.0. The quantitative estimate of drug-likeness (QED) is 0.763. The monoisotopic (exact) mass is 319 g/mol. The van der Waals surface area contributed by atoms with Gasteiger partial charge in [0.15, 0.2) is 0 Å². The lowest BCUT2D eigenvalue weighted by atomic mass is 10.0. The normalized spacial score (nSPS) is 10.3. The first kappa shape index (κ1) is 15.4. The Morgan fingerprint density at radius 3 is 1.83 bits per heavy atom. The van der Waals surface area contributed by atoms with E-state index in [0.29, 0.717) is 11.3 Å². The molecule has 5 heteroatoms. The van der Waals surface area contributed by atoms with Gasteiger partial charge in [-0.05, 0) is 35.9 Å². The van der Waals surface area contributed by atoms with Gasteiger partial charge < -0.3 is 10.2 Å².